The molecule has 2 heterocycles. The van der Waals surface area contributed by atoms with Gasteiger partial charge in [0.1, 0.15) is 17.2 Å². The highest BCUT2D eigenvalue weighted by Gasteiger charge is 2.56. The average molecular weight is 789 g/mol. The topological polar surface area (TPSA) is 28.4 Å². The Morgan fingerprint density at radius 1 is 0.557 bits per heavy atom. The molecule has 0 radical (unpaired) electrons. The van der Waals surface area contributed by atoms with Gasteiger partial charge in [0.15, 0.2) is 0 Å². The maximum Gasteiger partial charge on any atom is 0.136 e. The van der Waals surface area contributed by atoms with E-state index in [1.807, 2.05) is 6.07 Å². The Kier molecular flexibility index (Phi) is 7.92. The van der Waals surface area contributed by atoms with Crippen molar-refractivity contribution in [2.75, 3.05) is 4.90 Å². The van der Waals surface area contributed by atoms with Crippen molar-refractivity contribution in [3.05, 3.63) is 221 Å². The van der Waals surface area contributed by atoms with Crippen LogP contribution in [0.4, 0.5) is 11.4 Å². The standard InChI is InChI=1S/C58H48N2O/c1-3-11-44(12-4-1)58(45-13-5-2-6-14-45)52-17-9-7-15-48(52)49-28-27-47(34-53(49)58)60(56-35-55-51(36-59-56)50-16-8-10-18-54(50)61-55)46-25-23-40(24-26-46)39-21-19-37(20-22-39)29-38-30-41-32-43-33-42(31-38)57(41)43/h1-28,34-35,38,41-43,57,59H,29-33,36H2. The van der Waals surface area contributed by atoms with Gasteiger partial charge in [0.05, 0.1) is 5.41 Å². The monoisotopic (exact) mass is 788 g/mol. The normalized spacial score (nSPS) is 22.4. The molecule has 2 unspecified atom stereocenters. The molecule has 3 nitrogen and oxygen atoms in total. The van der Waals surface area contributed by atoms with E-state index in [9.17, 15) is 0 Å². The van der Waals surface area contributed by atoms with Gasteiger partial charge < -0.3 is 9.73 Å². The Morgan fingerprint density at radius 2 is 1.16 bits per heavy atom. The van der Waals surface area contributed by atoms with Gasteiger partial charge in [-0.3, -0.25) is 4.90 Å². The average Bonchev–Trinajstić information content (AvgIpc) is 3.82. The van der Waals surface area contributed by atoms with Gasteiger partial charge in [0, 0.05) is 34.9 Å². The van der Waals surface area contributed by atoms with Crippen molar-refractivity contribution in [3.63, 3.8) is 0 Å². The number of rotatable bonds is 8. The van der Waals surface area contributed by atoms with Gasteiger partial charge in [0.25, 0.3) is 0 Å². The van der Waals surface area contributed by atoms with Crippen molar-refractivity contribution in [2.45, 2.75) is 44.1 Å². The number of fused-ring (bicyclic) bond motifs is 6. The summed E-state index contributed by atoms with van der Waals surface area (Å²) in [5, 5.41) is 5.01. The zero-order valence-corrected chi connectivity index (χ0v) is 34.3. The van der Waals surface area contributed by atoms with Crippen LogP contribution in [0.25, 0.3) is 39.3 Å². The smallest absolute Gasteiger partial charge is 0.136 e. The van der Waals surface area contributed by atoms with Crippen LogP contribution in [0, 0.1) is 29.6 Å². The number of nitrogens with zero attached hydrogens (tertiary/aromatic N) is 1. The molecule has 0 bridgehead atoms. The zero-order chi connectivity index (χ0) is 40.1. The number of anilines is 2. The number of benzene rings is 7. The van der Waals surface area contributed by atoms with Crippen molar-refractivity contribution in [2.24, 2.45) is 29.6 Å². The largest absolute Gasteiger partial charge is 0.456 e. The summed E-state index contributed by atoms with van der Waals surface area (Å²) in [4.78, 5) is 2.38. The van der Waals surface area contributed by atoms with E-state index in [4.69, 9.17) is 4.42 Å². The number of nitrogens with one attached hydrogen (secondary N) is 1. The predicted octanol–water partition coefficient (Wildman–Crippen LogP) is 13.9. The molecule has 0 amide bonds. The van der Waals surface area contributed by atoms with Gasteiger partial charge in [-0.1, -0.05) is 146 Å². The minimum Gasteiger partial charge on any atom is -0.456 e. The van der Waals surface area contributed by atoms with Crippen LogP contribution >= 0.6 is 0 Å². The summed E-state index contributed by atoms with van der Waals surface area (Å²) in [5.74, 6) is 7.01. The minimum atomic E-state index is -0.497. The van der Waals surface area contributed by atoms with Crippen LogP contribution < -0.4 is 10.2 Å². The van der Waals surface area contributed by atoms with Gasteiger partial charge in [-0.25, -0.2) is 0 Å². The van der Waals surface area contributed by atoms with Gasteiger partial charge >= 0.3 is 0 Å². The third-order valence-corrected chi connectivity index (χ3v) is 15.4. The van der Waals surface area contributed by atoms with Gasteiger partial charge in [0.2, 0.25) is 0 Å². The maximum absolute atomic E-state index is 6.52. The number of para-hydroxylation sites is 1. The Bertz CT molecular complexity index is 2920. The molecule has 1 aromatic heterocycles. The molecular formula is C58H48N2O. The Balaban J connectivity index is 0.907. The first kappa shape index (κ1) is 35.2. The fourth-order valence-electron chi connectivity index (χ4n) is 12.8. The summed E-state index contributed by atoms with van der Waals surface area (Å²) in [7, 11) is 0. The minimum absolute atomic E-state index is 0.497. The van der Waals surface area contributed by atoms with Crippen molar-refractivity contribution in [1.82, 2.24) is 5.32 Å². The summed E-state index contributed by atoms with van der Waals surface area (Å²) in [6.07, 6.45) is 9.36. The first-order chi connectivity index (χ1) is 30.2. The number of hydrogen-bond donors (Lipinski definition) is 1. The summed E-state index contributed by atoms with van der Waals surface area (Å²) >= 11 is 0. The summed E-state index contributed by atoms with van der Waals surface area (Å²) in [6.45, 7) is 0.677. The predicted molar refractivity (Wildman–Crippen MR) is 248 cm³/mol. The second-order valence-corrected chi connectivity index (χ2v) is 18.5. The molecule has 5 aliphatic rings. The molecule has 1 N–H and O–H groups in total. The molecule has 3 fully saturated rings. The Labute approximate surface area is 358 Å². The van der Waals surface area contributed by atoms with Crippen LogP contribution in [0.2, 0.25) is 0 Å². The molecule has 1 aliphatic heterocycles. The van der Waals surface area contributed by atoms with Gasteiger partial charge in [-0.2, -0.15) is 0 Å². The van der Waals surface area contributed by atoms with Crippen LogP contribution in [0.15, 0.2) is 186 Å². The maximum atomic E-state index is 6.52. The third-order valence-electron chi connectivity index (χ3n) is 15.4. The first-order valence-electron chi connectivity index (χ1n) is 22.5. The number of hydrogen-bond acceptors (Lipinski definition) is 3. The molecular weight excluding hydrogens is 741 g/mol. The van der Waals surface area contributed by atoms with Gasteiger partial charge in [-0.05, 0) is 142 Å². The molecule has 13 rings (SSSR count). The third kappa shape index (κ3) is 5.42. The van der Waals surface area contributed by atoms with E-state index in [1.54, 1.807) is 0 Å². The lowest BCUT2D eigenvalue weighted by atomic mass is 9.42. The zero-order valence-electron chi connectivity index (χ0n) is 34.3. The molecule has 7 aromatic carbocycles. The molecule has 0 spiro atoms. The second-order valence-electron chi connectivity index (χ2n) is 18.5. The molecule has 2 atom stereocenters. The summed E-state index contributed by atoms with van der Waals surface area (Å²) in [5.41, 5.74) is 15.4. The van der Waals surface area contributed by atoms with Crippen molar-refractivity contribution in [3.8, 4) is 22.3 Å². The van der Waals surface area contributed by atoms with E-state index >= 15 is 0 Å². The van der Waals surface area contributed by atoms with Crippen molar-refractivity contribution >= 4 is 28.4 Å². The number of furan rings is 1. The lowest BCUT2D eigenvalue weighted by Gasteiger charge is -2.63. The van der Waals surface area contributed by atoms with Crippen LogP contribution in [0.5, 0.6) is 0 Å². The fraction of sp³-hybridized carbons (Fsp3) is 0.207. The summed E-state index contributed by atoms with van der Waals surface area (Å²) in [6, 6.07) is 65.2. The van der Waals surface area contributed by atoms with Crippen LogP contribution in [0.3, 0.4) is 0 Å². The molecule has 8 aromatic rings. The van der Waals surface area contributed by atoms with E-state index in [2.05, 4.69) is 186 Å². The SMILES string of the molecule is C1=C(N(c2ccc(-c3ccc(CC4CC5CC6CC(C4)C56)cc3)cc2)c2ccc3c(c2)C(c2ccccc2)(c2ccccc2)c2ccccc2-3)NCc2c1oc1ccccc21. The van der Waals surface area contributed by atoms with E-state index < -0.39 is 5.41 Å². The molecule has 0 saturated heterocycles. The van der Waals surface area contributed by atoms with E-state index in [-0.39, 0.29) is 0 Å². The van der Waals surface area contributed by atoms with Crippen LogP contribution in [-0.4, -0.2) is 0 Å². The fourth-order valence-corrected chi connectivity index (χ4v) is 12.8. The van der Waals surface area contributed by atoms with E-state index in [0.29, 0.717) is 6.54 Å². The van der Waals surface area contributed by atoms with Crippen molar-refractivity contribution < 1.29 is 4.42 Å². The lowest BCUT2D eigenvalue weighted by molar-refractivity contribution is -0.136. The summed E-state index contributed by atoms with van der Waals surface area (Å²) < 4.78 is 6.52. The van der Waals surface area contributed by atoms with E-state index in [0.717, 1.165) is 63.5 Å². The Morgan fingerprint density at radius 3 is 1.89 bits per heavy atom. The lowest BCUT2D eigenvalue weighted by Crippen LogP contribution is -2.55. The highest BCUT2D eigenvalue weighted by atomic mass is 16.3. The molecule has 296 valence electrons. The molecule has 4 aliphatic carbocycles. The first-order valence-corrected chi connectivity index (χ1v) is 22.5. The second kappa shape index (κ2) is 13.7. The highest BCUT2D eigenvalue weighted by Crippen LogP contribution is 2.65. The van der Waals surface area contributed by atoms with Crippen LogP contribution in [0.1, 0.15) is 64.8 Å². The van der Waals surface area contributed by atoms with Crippen molar-refractivity contribution in [1.29, 1.82) is 0 Å². The van der Waals surface area contributed by atoms with Crippen LogP contribution in [-0.2, 0) is 18.4 Å². The van der Waals surface area contributed by atoms with E-state index in [1.165, 1.54) is 87.7 Å². The van der Waals surface area contributed by atoms with Gasteiger partial charge in [-0.15, -0.1) is 0 Å². The Hall–Kier alpha value is -6.58. The molecule has 61 heavy (non-hydrogen) atoms. The molecule has 3 saturated carbocycles. The quantitative estimate of drug-likeness (QED) is 0.166. The molecule has 3 heteroatoms. The highest BCUT2D eigenvalue weighted by molar-refractivity contribution is 5.90.